The number of fused-ring (bicyclic) bond motifs is 5. The first kappa shape index (κ1) is 27.3. The molecule has 1 heterocycles. The van der Waals surface area contributed by atoms with Crippen molar-refractivity contribution in [3.8, 4) is 0 Å². The lowest BCUT2D eigenvalue weighted by Crippen LogP contribution is -2.54. The van der Waals surface area contributed by atoms with Crippen LogP contribution in [-0.4, -0.2) is 36.2 Å². The van der Waals surface area contributed by atoms with Crippen molar-refractivity contribution < 1.29 is 19.1 Å². The minimum Gasteiger partial charge on any atom is -0.462 e. The number of carbonyl (C=O) groups excluding carboxylic acids is 3. The number of Topliss-reactive ketones (excluding diaryl/α,β-unsaturated/α-hetero) is 2. The molecule has 1 N–H and O–H groups in total. The van der Waals surface area contributed by atoms with Crippen LogP contribution >= 0.6 is 0 Å². The predicted octanol–water partition coefficient (Wildman–Crippen LogP) is 6.13. The maximum atomic E-state index is 13.3. The molecule has 1 aliphatic heterocycles. The van der Waals surface area contributed by atoms with Crippen molar-refractivity contribution in [2.24, 2.45) is 52.3 Å². The zero-order chi connectivity index (χ0) is 26.5. The van der Waals surface area contributed by atoms with Crippen LogP contribution in [0, 0.1) is 52.3 Å². The van der Waals surface area contributed by atoms with Gasteiger partial charge in [-0.25, -0.2) is 0 Å². The molecule has 6 unspecified atom stereocenters. The minimum atomic E-state index is -0.341. The summed E-state index contributed by atoms with van der Waals surface area (Å²) in [6, 6.07) is -0.0810. The predicted molar refractivity (Wildman–Crippen MR) is 145 cm³/mol. The van der Waals surface area contributed by atoms with Gasteiger partial charge in [0.25, 0.3) is 0 Å². The average Bonchev–Trinajstić information content (AvgIpc) is 3.50. The van der Waals surface area contributed by atoms with Gasteiger partial charge in [0.1, 0.15) is 11.9 Å². The third kappa shape index (κ3) is 4.85. The van der Waals surface area contributed by atoms with E-state index in [1.807, 2.05) is 20.8 Å². The second-order valence-electron chi connectivity index (χ2n) is 14.4. The van der Waals surface area contributed by atoms with Crippen molar-refractivity contribution in [2.75, 3.05) is 6.54 Å². The van der Waals surface area contributed by atoms with Crippen molar-refractivity contribution in [2.45, 2.75) is 124 Å². The van der Waals surface area contributed by atoms with Crippen molar-refractivity contribution in [1.82, 2.24) is 5.32 Å². The van der Waals surface area contributed by atoms with Gasteiger partial charge in [-0.15, -0.1) is 0 Å². The summed E-state index contributed by atoms with van der Waals surface area (Å²) in [4.78, 5) is 38.5. The summed E-state index contributed by atoms with van der Waals surface area (Å²) in [6.07, 6.45) is 12.5. The van der Waals surface area contributed by atoms with Crippen LogP contribution in [0.2, 0.25) is 0 Å². The minimum absolute atomic E-state index is 0.00878. The summed E-state index contributed by atoms with van der Waals surface area (Å²) in [5, 5.41) is 3.28. The van der Waals surface area contributed by atoms with Gasteiger partial charge in [-0.1, -0.05) is 27.7 Å². The lowest BCUT2D eigenvalue weighted by Gasteiger charge is -2.61. The quantitative estimate of drug-likeness (QED) is 0.415. The van der Waals surface area contributed by atoms with Gasteiger partial charge in [-0.3, -0.25) is 14.4 Å². The molecule has 0 spiro atoms. The van der Waals surface area contributed by atoms with E-state index in [9.17, 15) is 14.4 Å². The van der Waals surface area contributed by atoms with Crippen molar-refractivity contribution >= 4 is 17.5 Å². The molecule has 208 valence electrons. The molecule has 5 heteroatoms. The summed E-state index contributed by atoms with van der Waals surface area (Å²) in [7, 11) is 0. The lowest BCUT2D eigenvalue weighted by atomic mass is 9.44. The first-order chi connectivity index (χ1) is 17.5. The Labute approximate surface area is 224 Å². The third-order valence-corrected chi connectivity index (χ3v) is 12.4. The van der Waals surface area contributed by atoms with Gasteiger partial charge in [0, 0.05) is 12.3 Å². The Bertz CT molecular complexity index is 893. The van der Waals surface area contributed by atoms with Gasteiger partial charge in [0.05, 0.1) is 12.0 Å². The Kier molecular flexibility index (Phi) is 7.68. The van der Waals surface area contributed by atoms with E-state index in [-0.39, 0.29) is 47.1 Å². The smallest absolute Gasteiger partial charge is 0.309 e. The number of carbonyl (C=O) groups is 3. The second kappa shape index (κ2) is 10.4. The molecule has 0 aromatic heterocycles. The van der Waals surface area contributed by atoms with Crippen molar-refractivity contribution in [3.63, 3.8) is 0 Å². The molecular formula is C32H51NO4. The highest BCUT2D eigenvalue weighted by molar-refractivity contribution is 5.88. The molecular weight excluding hydrogens is 462 g/mol. The third-order valence-electron chi connectivity index (χ3n) is 12.4. The van der Waals surface area contributed by atoms with Gasteiger partial charge >= 0.3 is 5.97 Å². The van der Waals surface area contributed by atoms with E-state index in [1.165, 1.54) is 32.1 Å². The molecule has 37 heavy (non-hydrogen) atoms. The first-order valence-electron chi connectivity index (χ1n) is 15.5. The average molecular weight is 514 g/mol. The molecule has 1 saturated heterocycles. The van der Waals surface area contributed by atoms with E-state index in [1.54, 1.807) is 0 Å². The second-order valence-corrected chi connectivity index (χ2v) is 14.4. The molecule has 0 amide bonds. The summed E-state index contributed by atoms with van der Waals surface area (Å²) in [6.45, 7) is 11.8. The molecule has 10 atom stereocenters. The Morgan fingerprint density at radius 1 is 0.919 bits per heavy atom. The van der Waals surface area contributed by atoms with Crippen LogP contribution < -0.4 is 5.32 Å². The number of rotatable bonds is 7. The zero-order valence-electron chi connectivity index (χ0n) is 24.0. The summed E-state index contributed by atoms with van der Waals surface area (Å²) in [5.74, 6) is 3.26. The summed E-state index contributed by atoms with van der Waals surface area (Å²) >= 11 is 0. The van der Waals surface area contributed by atoms with Crippen LogP contribution in [0.1, 0.15) is 112 Å². The molecule has 5 rings (SSSR count). The fourth-order valence-corrected chi connectivity index (χ4v) is 10.2. The summed E-state index contributed by atoms with van der Waals surface area (Å²) < 4.78 is 6.19. The van der Waals surface area contributed by atoms with Crippen LogP contribution in [-0.2, 0) is 19.1 Å². The van der Waals surface area contributed by atoms with E-state index in [4.69, 9.17) is 4.74 Å². The molecule has 5 fully saturated rings. The fraction of sp³-hybridized carbons (Fsp3) is 0.906. The number of ether oxygens (including phenoxy) is 1. The molecule has 4 aliphatic carbocycles. The van der Waals surface area contributed by atoms with E-state index in [0.29, 0.717) is 29.5 Å². The van der Waals surface area contributed by atoms with Gasteiger partial charge in [-0.2, -0.15) is 0 Å². The van der Waals surface area contributed by atoms with Crippen LogP contribution in [0.25, 0.3) is 0 Å². The highest BCUT2D eigenvalue weighted by Gasteiger charge is 2.61. The van der Waals surface area contributed by atoms with Crippen LogP contribution in [0.3, 0.4) is 0 Å². The topological polar surface area (TPSA) is 72.5 Å². The normalized spacial score (nSPS) is 44.0. The monoisotopic (exact) mass is 513 g/mol. The molecule has 5 nitrogen and oxygen atoms in total. The van der Waals surface area contributed by atoms with Gasteiger partial charge < -0.3 is 10.1 Å². The van der Waals surface area contributed by atoms with Crippen molar-refractivity contribution in [1.29, 1.82) is 0 Å². The van der Waals surface area contributed by atoms with E-state index < -0.39 is 0 Å². The molecule has 0 bridgehead atoms. The first-order valence-corrected chi connectivity index (χ1v) is 15.5. The highest BCUT2D eigenvalue weighted by Crippen LogP contribution is 2.67. The zero-order valence-corrected chi connectivity index (χ0v) is 24.0. The Hall–Kier alpha value is -1.23. The SMILES string of the molecule is CC(=O)[C@H]1CCC2[C@@H]3CCC4CC(OC(=O)C(CC(=O)C5CCCN5)C(C)C)CC[C@]4(C)C3CC[C@@]21C. The molecule has 0 radical (unpaired) electrons. The number of hydrogen-bond donors (Lipinski definition) is 1. The van der Waals surface area contributed by atoms with Crippen LogP contribution in [0.15, 0.2) is 0 Å². The van der Waals surface area contributed by atoms with Crippen molar-refractivity contribution in [3.05, 3.63) is 0 Å². The van der Waals surface area contributed by atoms with Crippen LogP contribution in [0.5, 0.6) is 0 Å². The van der Waals surface area contributed by atoms with Gasteiger partial charge in [0.15, 0.2) is 5.78 Å². The number of nitrogens with one attached hydrogen (secondary N) is 1. The number of ketones is 2. The van der Waals surface area contributed by atoms with E-state index in [2.05, 4.69) is 19.2 Å². The maximum absolute atomic E-state index is 13.3. The Morgan fingerprint density at radius 3 is 2.32 bits per heavy atom. The fourth-order valence-electron chi connectivity index (χ4n) is 10.2. The molecule has 5 aliphatic rings. The molecule has 0 aromatic carbocycles. The number of esters is 1. The van der Waals surface area contributed by atoms with E-state index in [0.717, 1.165) is 56.9 Å². The Morgan fingerprint density at radius 2 is 1.65 bits per heavy atom. The Balaban J connectivity index is 1.21. The van der Waals surface area contributed by atoms with Gasteiger partial charge in [-0.05, 0) is 125 Å². The largest absolute Gasteiger partial charge is 0.462 e. The lowest BCUT2D eigenvalue weighted by molar-refractivity contribution is -0.169. The van der Waals surface area contributed by atoms with Gasteiger partial charge in [0.2, 0.25) is 0 Å². The molecule has 0 aromatic rings. The number of hydrogen-bond acceptors (Lipinski definition) is 5. The van der Waals surface area contributed by atoms with E-state index >= 15 is 0 Å². The standard InChI is InChI=1S/C32H51NO4/c1-19(2)24(18-29(35)28-7-6-16-33-28)30(36)37-22-12-14-31(4)21(17-22)8-9-23-26-11-10-25(20(3)34)32(26,5)15-13-27(23)31/h19,21-28,33H,6-18H2,1-5H3/t21?,22?,23-,24?,25+,26?,27?,28?,31-,32+/m0/s1. The van der Waals surface area contributed by atoms with Crippen LogP contribution in [0.4, 0.5) is 0 Å². The maximum Gasteiger partial charge on any atom is 0.309 e. The molecule has 4 saturated carbocycles. The highest BCUT2D eigenvalue weighted by atomic mass is 16.5. The summed E-state index contributed by atoms with van der Waals surface area (Å²) in [5.41, 5.74) is 0.531.